The fraction of sp³-hybridized carbons (Fsp3) is 0.500. The fourth-order valence-corrected chi connectivity index (χ4v) is 1.88. The Kier molecular flexibility index (Phi) is 3.10. The Morgan fingerprint density at radius 3 is 2.82 bits per heavy atom. The highest BCUT2D eigenvalue weighted by Crippen LogP contribution is 2.23. The number of nitrogens with zero attached hydrogens (tertiary/aromatic N) is 3. The average molecular weight is 236 g/mol. The van der Waals surface area contributed by atoms with Crippen LogP contribution in [-0.2, 0) is 4.79 Å². The minimum atomic E-state index is 0.00849. The lowest BCUT2D eigenvalue weighted by Gasteiger charge is -2.29. The smallest absolute Gasteiger partial charge is 0.239 e. The van der Waals surface area contributed by atoms with Crippen LogP contribution >= 0.6 is 0 Å². The van der Waals surface area contributed by atoms with E-state index in [1.807, 2.05) is 11.8 Å². The lowest BCUT2D eigenvalue weighted by molar-refractivity contribution is -0.120. The zero-order chi connectivity index (χ0) is 12.4. The lowest BCUT2D eigenvalue weighted by Crippen LogP contribution is -2.48. The van der Waals surface area contributed by atoms with Crippen molar-refractivity contribution < 1.29 is 4.79 Å². The highest BCUT2D eigenvalue weighted by molar-refractivity contribution is 5.82. The van der Waals surface area contributed by atoms with Crippen molar-refractivity contribution in [3.8, 4) is 0 Å². The predicted octanol–water partition coefficient (Wildman–Crippen LogP) is -0.685. The normalized spacial score (nSPS) is 15.7. The number of hydrogen-bond acceptors (Lipinski definition) is 6. The number of hydrogen-bond donors (Lipinski definition) is 3. The number of carbonyl (C=O) groups is 1. The van der Waals surface area contributed by atoms with Crippen LogP contribution in [0.5, 0.6) is 0 Å². The van der Waals surface area contributed by atoms with Gasteiger partial charge in [0.15, 0.2) is 0 Å². The van der Waals surface area contributed by atoms with E-state index < -0.39 is 0 Å². The molecular weight excluding hydrogens is 220 g/mol. The maximum Gasteiger partial charge on any atom is 0.239 e. The summed E-state index contributed by atoms with van der Waals surface area (Å²) in [5.41, 5.74) is 3.40. The Balaban J connectivity index is 2.36. The molecule has 1 amide bonds. The van der Waals surface area contributed by atoms with E-state index in [0.29, 0.717) is 24.7 Å². The first-order valence-electron chi connectivity index (χ1n) is 5.45. The van der Waals surface area contributed by atoms with Crippen LogP contribution < -0.4 is 21.5 Å². The number of aryl methyl sites for hydroxylation is 1. The number of nitrogens with two attached hydrogens (primary N) is 1. The summed E-state index contributed by atoms with van der Waals surface area (Å²) in [4.78, 5) is 21.9. The molecule has 7 nitrogen and oxygen atoms in total. The second-order valence-electron chi connectivity index (χ2n) is 3.98. The number of anilines is 2. The summed E-state index contributed by atoms with van der Waals surface area (Å²) in [6.07, 6.45) is 0. The van der Waals surface area contributed by atoms with Gasteiger partial charge in [0.2, 0.25) is 5.91 Å². The average Bonchev–Trinajstić information content (AvgIpc) is 2.31. The van der Waals surface area contributed by atoms with Crippen LogP contribution in [-0.4, -0.2) is 35.5 Å². The van der Waals surface area contributed by atoms with Crippen molar-refractivity contribution in [2.45, 2.75) is 13.8 Å². The molecule has 2 rings (SSSR count). The monoisotopic (exact) mass is 236 g/mol. The van der Waals surface area contributed by atoms with E-state index in [0.717, 1.165) is 17.9 Å². The summed E-state index contributed by atoms with van der Waals surface area (Å²) in [6, 6.07) is 0. The van der Waals surface area contributed by atoms with Gasteiger partial charge in [-0.05, 0) is 13.8 Å². The molecule has 1 aliphatic heterocycles. The van der Waals surface area contributed by atoms with Gasteiger partial charge in [-0.2, -0.15) is 0 Å². The summed E-state index contributed by atoms with van der Waals surface area (Å²) in [6.45, 7) is 5.38. The Morgan fingerprint density at radius 2 is 2.18 bits per heavy atom. The summed E-state index contributed by atoms with van der Waals surface area (Å²) in [5, 5.41) is 2.78. The number of rotatable bonds is 2. The lowest BCUT2D eigenvalue weighted by atomic mass is 10.2. The molecule has 1 aromatic heterocycles. The molecule has 4 N–H and O–H groups in total. The first-order valence-corrected chi connectivity index (χ1v) is 5.45. The third-order valence-corrected chi connectivity index (χ3v) is 2.71. The highest BCUT2D eigenvalue weighted by Gasteiger charge is 2.21. The fourth-order valence-electron chi connectivity index (χ4n) is 1.88. The molecule has 0 spiro atoms. The highest BCUT2D eigenvalue weighted by atomic mass is 16.2. The first-order chi connectivity index (χ1) is 8.11. The summed E-state index contributed by atoms with van der Waals surface area (Å²) >= 11 is 0. The third-order valence-electron chi connectivity index (χ3n) is 2.71. The van der Waals surface area contributed by atoms with E-state index in [4.69, 9.17) is 5.84 Å². The van der Waals surface area contributed by atoms with Crippen molar-refractivity contribution in [2.75, 3.05) is 30.0 Å². The molecule has 1 fully saturated rings. The van der Waals surface area contributed by atoms with Gasteiger partial charge >= 0.3 is 0 Å². The minimum Gasteiger partial charge on any atom is -0.353 e. The molecule has 0 saturated carbocycles. The van der Waals surface area contributed by atoms with Gasteiger partial charge in [0, 0.05) is 18.7 Å². The summed E-state index contributed by atoms with van der Waals surface area (Å²) in [5.74, 6) is 7.40. The van der Waals surface area contributed by atoms with Crippen LogP contribution in [0.15, 0.2) is 0 Å². The van der Waals surface area contributed by atoms with Gasteiger partial charge < -0.3 is 15.6 Å². The molecule has 0 atom stereocenters. The number of nitrogen functional groups attached to an aromatic ring is 1. The zero-order valence-electron chi connectivity index (χ0n) is 9.95. The number of carbonyl (C=O) groups excluding carboxylic acids is 1. The van der Waals surface area contributed by atoms with Gasteiger partial charge in [0.1, 0.15) is 17.5 Å². The SMILES string of the molecule is Cc1nc(NN)c(C)c(N2CCNC(=O)C2)n1. The van der Waals surface area contributed by atoms with Gasteiger partial charge in [-0.15, -0.1) is 0 Å². The molecule has 1 saturated heterocycles. The summed E-state index contributed by atoms with van der Waals surface area (Å²) in [7, 11) is 0. The molecule has 2 heterocycles. The van der Waals surface area contributed by atoms with Crippen LogP contribution in [0.3, 0.4) is 0 Å². The van der Waals surface area contributed by atoms with Crippen molar-refractivity contribution in [1.29, 1.82) is 0 Å². The maximum absolute atomic E-state index is 11.4. The Morgan fingerprint density at radius 1 is 1.41 bits per heavy atom. The number of nitrogens with one attached hydrogen (secondary N) is 2. The first kappa shape index (κ1) is 11.6. The van der Waals surface area contributed by atoms with Crippen molar-refractivity contribution in [1.82, 2.24) is 15.3 Å². The van der Waals surface area contributed by atoms with Gasteiger partial charge in [0.25, 0.3) is 0 Å². The number of piperazine rings is 1. The van der Waals surface area contributed by atoms with E-state index in [2.05, 4.69) is 20.7 Å². The van der Waals surface area contributed by atoms with Crippen molar-refractivity contribution in [3.05, 3.63) is 11.4 Å². The van der Waals surface area contributed by atoms with Crippen molar-refractivity contribution in [2.24, 2.45) is 5.84 Å². The molecule has 92 valence electrons. The van der Waals surface area contributed by atoms with Gasteiger partial charge in [-0.25, -0.2) is 15.8 Å². The standard InChI is InChI=1S/C10H16N6O/c1-6-9(15-11)13-7(2)14-10(6)16-4-3-12-8(17)5-16/h3-5,11H2,1-2H3,(H,12,17)(H,13,14,15). The second kappa shape index (κ2) is 4.54. The molecular formula is C10H16N6O. The van der Waals surface area contributed by atoms with Crippen molar-refractivity contribution in [3.63, 3.8) is 0 Å². The van der Waals surface area contributed by atoms with Crippen LogP contribution in [0.4, 0.5) is 11.6 Å². The zero-order valence-corrected chi connectivity index (χ0v) is 9.95. The maximum atomic E-state index is 11.4. The second-order valence-corrected chi connectivity index (χ2v) is 3.98. The van der Waals surface area contributed by atoms with Crippen LogP contribution in [0.1, 0.15) is 11.4 Å². The van der Waals surface area contributed by atoms with Crippen LogP contribution in [0.25, 0.3) is 0 Å². The van der Waals surface area contributed by atoms with Crippen LogP contribution in [0.2, 0.25) is 0 Å². The summed E-state index contributed by atoms with van der Waals surface area (Å²) < 4.78 is 0. The Bertz CT molecular complexity index is 447. The Hall–Kier alpha value is -1.89. The van der Waals surface area contributed by atoms with E-state index >= 15 is 0 Å². The topological polar surface area (TPSA) is 96.2 Å². The molecule has 0 aromatic carbocycles. The van der Waals surface area contributed by atoms with E-state index in [9.17, 15) is 4.79 Å². The molecule has 1 aromatic rings. The molecule has 0 bridgehead atoms. The Labute approximate surface area is 99.4 Å². The molecule has 7 heteroatoms. The van der Waals surface area contributed by atoms with E-state index in [1.165, 1.54) is 0 Å². The van der Waals surface area contributed by atoms with E-state index in [1.54, 1.807) is 6.92 Å². The molecule has 0 aliphatic carbocycles. The predicted molar refractivity (Wildman–Crippen MR) is 64.5 cm³/mol. The molecule has 0 radical (unpaired) electrons. The number of amides is 1. The quantitative estimate of drug-likeness (QED) is 0.465. The third kappa shape index (κ3) is 2.28. The van der Waals surface area contributed by atoms with Gasteiger partial charge in [-0.3, -0.25) is 4.79 Å². The van der Waals surface area contributed by atoms with Gasteiger partial charge in [-0.1, -0.05) is 0 Å². The molecule has 1 aliphatic rings. The number of aromatic nitrogens is 2. The largest absolute Gasteiger partial charge is 0.353 e. The number of hydrazine groups is 1. The van der Waals surface area contributed by atoms with Crippen molar-refractivity contribution >= 4 is 17.5 Å². The minimum absolute atomic E-state index is 0.00849. The molecule has 0 unspecified atom stereocenters. The van der Waals surface area contributed by atoms with E-state index in [-0.39, 0.29) is 5.91 Å². The molecule has 17 heavy (non-hydrogen) atoms. The van der Waals surface area contributed by atoms with Gasteiger partial charge in [0.05, 0.1) is 6.54 Å². The van der Waals surface area contributed by atoms with Crippen LogP contribution in [0, 0.1) is 13.8 Å².